The fourth-order valence-electron chi connectivity index (χ4n) is 1.40. The Morgan fingerprint density at radius 1 is 1.00 bits per heavy atom. The van der Waals surface area contributed by atoms with E-state index >= 15 is 0 Å². The monoisotopic (exact) mass is 237 g/mol. The number of hydrogen-bond acceptors (Lipinski definition) is 3. The summed E-state index contributed by atoms with van der Waals surface area (Å²) in [4.78, 5) is 0. The summed E-state index contributed by atoms with van der Waals surface area (Å²) in [6.07, 6.45) is 0. The smallest absolute Gasteiger partial charge is 0.0718 e. The Kier molecular flexibility index (Phi) is 6.86. The van der Waals surface area contributed by atoms with Crippen molar-refractivity contribution in [3.05, 3.63) is 35.4 Å². The molecular weight excluding hydrogens is 214 g/mol. The normalized spacial score (nSPS) is 11.1. The van der Waals surface area contributed by atoms with Crippen LogP contribution in [-0.2, 0) is 22.6 Å². The zero-order chi connectivity index (χ0) is 12.5. The van der Waals surface area contributed by atoms with Crippen LogP contribution in [0.5, 0.6) is 0 Å². The van der Waals surface area contributed by atoms with Crippen LogP contribution in [0.25, 0.3) is 0 Å². The Bertz CT molecular complexity index is 296. The minimum absolute atomic E-state index is 0.582. The van der Waals surface area contributed by atoms with E-state index in [1.807, 2.05) is 12.1 Å². The molecule has 0 heterocycles. The first-order chi connectivity index (χ1) is 8.22. The molecule has 3 heteroatoms. The molecule has 96 valence electrons. The first-order valence-corrected chi connectivity index (χ1v) is 6.15. The molecule has 0 aliphatic rings. The molecule has 0 saturated heterocycles. The van der Waals surface area contributed by atoms with Crippen LogP contribution in [0.4, 0.5) is 0 Å². The summed E-state index contributed by atoms with van der Waals surface area (Å²) in [6, 6.07) is 8.18. The van der Waals surface area contributed by atoms with Gasteiger partial charge in [-0.25, -0.2) is 0 Å². The summed E-state index contributed by atoms with van der Waals surface area (Å²) in [7, 11) is 0. The molecule has 0 aliphatic heterocycles. The van der Waals surface area contributed by atoms with Crippen molar-refractivity contribution in [1.82, 2.24) is 0 Å². The minimum atomic E-state index is 0.582. The Hall–Kier alpha value is -0.900. The van der Waals surface area contributed by atoms with E-state index in [4.69, 9.17) is 15.2 Å². The van der Waals surface area contributed by atoms with E-state index in [0.29, 0.717) is 32.3 Å². The van der Waals surface area contributed by atoms with Gasteiger partial charge in [0.05, 0.1) is 19.8 Å². The maximum absolute atomic E-state index is 5.53. The molecule has 0 amide bonds. The Morgan fingerprint density at radius 3 is 2.18 bits per heavy atom. The van der Waals surface area contributed by atoms with Gasteiger partial charge in [0.15, 0.2) is 0 Å². The summed E-state index contributed by atoms with van der Waals surface area (Å²) >= 11 is 0. The summed E-state index contributed by atoms with van der Waals surface area (Å²) < 4.78 is 10.9. The van der Waals surface area contributed by atoms with E-state index < -0.39 is 0 Å². The molecule has 1 aromatic carbocycles. The maximum atomic E-state index is 5.53. The van der Waals surface area contributed by atoms with Crippen LogP contribution in [0.1, 0.15) is 25.0 Å². The Morgan fingerprint density at radius 2 is 1.59 bits per heavy atom. The van der Waals surface area contributed by atoms with Crippen molar-refractivity contribution >= 4 is 0 Å². The highest BCUT2D eigenvalue weighted by Gasteiger charge is 1.96. The van der Waals surface area contributed by atoms with Crippen LogP contribution in [-0.4, -0.2) is 19.8 Å². The number of hydrogen-bond donors (Lipinski definition) is 1. The fourth-order valence-corrected chi connectivity index (χ4v) is 1.40. The molecule has 0 atom stereocenters. The first-order valence-electron chi connectivity index (χ1n) is 6.15. The van der Waals surface area contributed by atoms with Crippen molar-refractivity contribution in [2.24, 2.45) is 11.7 Å². The van der Waals surface area contributed by atoms with Crippen LogP contribution >= 0.6 is 0 Å². The first kappa shape index (κ1) is 14.2. The maximum Gasteiger partial charge on any atom is 0.0718 e. The molecule has 0 aliphatic carbocycles. The zero-order valence-corrected chi connectivity index (χ0v) is 10.8. The van der Waals surface area contributed by atoms with Gasteiger partial charge in [0.25, 0.3) is 0 Å². The van der Waals surface area contributed by atoms with E-state index in [0.717, 1.165) is 12.2 Å². The van der Waals surface area contributed by atoms with E-state index in [1.54, 1.807) is 0 Å². The third kappa shape index (κ3) is 6.41. The average molecular weight is 237 g/mol. The van der Waals surface area contributed by atoms with Crippen molar-refractivity contribution in [2.45, 2.75) is 27.0 Å². The highest BCUT2D eigenvalue weighted by atomic mass is 16.5. The molecule has 0 unspecified atom stereocenters. The van der Waals surface area contributed by atoms with E-state index in [2.05, 4.69) is 26.0 Å². The molecular formula is C14H23NO2. The molecule has 17 heavy (non-hydrogen) atoms. The predicted octanol–water partition coefficient (Wildman–Crippen LogP) is 2.33. The highest BCUT2D eigenvalue weighted by Crippen LogP contribution is 2.05. The third-order valence-corrected chi connectivity index (χ3v) is 2.35. The van der Waals surface area contributed by atoms with Crippen LogP contribution in [0.2, 0.25) is 0 Å². The number of benzene rings is 1. The van der Waals surface area contributed by atoms with Gasteiger partial charge in [-0.1, -0.05) is 38.1 Å². The van der Waals surface area contributed by atoms with Gasteiger partial charge < -0.3 is 15.2 Å². The fraction of sp³-hybridized carbons (Fsp3) is 0.571. The quantitative estimate of drug-likeness (QED) is 0.706. The molecule has 0 bridgehead atoms. The van der Waals surface area contributed by atoms with Gasteiger partial charge in [0, 0.05) is 13.2 Å². The van der Waals surface area contributed by atoms with E-state index in [-0.39, 0.29) is 0 Å². The molecule has 3 nitrogen and oxygen atoms in total. The largest absolute Gasteiger partial charge is 0.379 e. The van der Waals surface area contributed by atoms with E-state index in [9.17, 15) is 0 Å². The minimum Gasteiger partial charge on any atom is -0.379 e. The van der Waals surface area contributed by atoms with Gasteiger partial charge in [-0.05, 0) is 17.0 Å². The highest BCUT2D eigenvalue weighted by molar-refractivity contribution is 5.21. The summed E-state index contributed by atoms with van der Waals surface area (Å²) in [5.74, 6) is 0.582. The topological polar surface area (TPSA) is 44.5 Å². The van der Waals surface area contributed by atoms with Crippen molar-refractivity contribution in [1.29, 1.82) is 0 Å². The van der Waals surface area contributed by atoms with Crippen molar-refractivity contribution < 1.29 is 9.47 Å². The lowest BCUT2D eigenvalue weighted by Crippen LogP contribution is -2.08. The second kappa shape index (κ2) is 8.23. The van der Waals surface area contributed by atoms with Gasteiger partial charge in [0.2, 0.25) is 0 Å². The molecule has 1 rings (SSSR count). The van der Waals surface area contributed by atoms with E-state index in [1.165, 1.54) is 5.56 Å². The third-order valence-electron chi connectivity index (χ3n) is 2.35. The molecule has 0 spiro atoms. The van der Waals surface area contributed by atoms with Gasteiger partial charge in [0.1, 0.15) is 0 Å². The van der Waals surface area contributed by atoms with Crippen LogP contribution < -0.4 is 5.73 Å². The van der Waals surface area contributed by atoms with Crippen molar-refractivity contribution in [3.63, 3.8) is 0 Å². The molecule has 2 N–H and O–H groups in total. The Labute approximate surface area is 104 Å². The Balaban J connectivity index is 2.09. The van der Waals surface area contributed by atoms with Gasteiger partial charge in [-0.2, -0.15) is 0 Å². The molecule has 0 aromatic heterocycles. The van der Waals surface area contributed by atoms with Crippen LogP contribution in [0.15, 0.2) is 24.3 Å². The number of rotatable bonds is 8. The van der Waals surface area contributed by atoms with Crippen LogP contribution in [0.3, 0.4) is 0 Å². The van der Waals surface area contributed by atoms with Gasteiger partial charge in [-0.3, -0.25) is 0 Å². The predicted molar refractivity (Wildman–Crippen MR) is 69.6 cm³/mol. The van der Waals surface area contributed by atoms with Gasteiger partial charge in [-0.15, -0.1) is 0 Å². The van der Waals surface area contributed by atoms with Gasteiger partial charge >= 0.3 is 0 Å². The number of nitrogens with two attached hydrogens (primary N) is 1. The summed E-state index contributed by atoms with van der Waals surface area (Å²) in [6.45, 7) is 7.61. The SMILES string of the molecule is CC(C)COCCOCc1ccc(CN)cc1. The lowest BCUT2D eigenvalue weighted by Gasteiger charge is -2.08. The second-order valence-electron chi connectivity index (χ2n) is 4.54. The summed E-state index contributed by atoms with van der Waals surface area (Å²) in [5, 5.41) is 0. The van der Waals surface area contributed by atoms with Crippen molar-refractivity contribution in [2.75, 3.05) is 19.8 Å². The standard InChI is InChI=1S/C14H23NO2/c1-12(2)10-16-7-8-17-11-14-5-3-13(9-15)4-6-14/h3-6,12H,7-11,15H2,1-2H3. The zero-order valence-electron chi connectivity index (χ0n) is 10.8. The lowest BCUT2D eigenvalue weighted by atomic mass is 10.1. The number of ether oxygens (including phenoxy) is 2. The van der Waals surface area contributed by atoms with Crippen LogP contribution in [0, 0.1) is 5.92 Å². The molecule has 1 aromatic rings. The molecule has 0 fully saturated rings. The second-order valence-corrected chi connectivity index (χ2v) is 4.54. The lowest BCUT2D eigenvalue weighted by molar-refractivity contribution is 0.0314. The van der Waals surface area contributed by atoms with Crippen molar-refractivity contribution in [3.8, 4) is 0 Å². The molecule has 0 radical (unpaired) electrons. The average Bonchev–Trinajstić information content (AvgIpc) is 2.34. The summed E-state index contributed by atoms with van der Waals surface area (Å²) in [5.41, 5.74) is 7.85. The molecule has 0 saturated carbocycles.